The van der Waals surface area contributed by atoms with Crippen LogP contribution in [0.3, 0.4) is 0 Å². The first-order valence-electron chi connectivity index (χ1n) is 18.7. The highest BCUT2D eigenvalue weighted by molar-refractivity contribution is 6.18. The summed E-state index contributed by atoms with van der Waals surface area (Å²) in [6, 6.07) is 42.6. The molecule has 55 heavy (non-hydrogen) atoms. The highest BCUT2D eigenvalue weighted by Crippen LogP contribution is 2.43. The maximum atomic E-state index is 10.8. The van der Waals surface area contributed by atoms with Crippen LogP contribution in [-0.4, -0.2) is 9.13 Å². The van der Waals surface area contributed by atoms with Crippen LogP contribution in [-0.2, 0) is 0 Å². The molecule has 0 bridgehead atoms. The van der Waals surface area contributed by atoms with Crippen molar-refractivity contribution >= 4 is 93.9 Å². The Hall–Kier alpha value is -7.47. The Morgan fingerprint density at radius 2 is 1.31 bits per heavy atom. The van der Waals surface area contributed by atoms with Crippen molar-refractivity contribution < 1.29 is 8.83 Å². The van der Waals surface area contributed by atoms with E-state index in [-0.39, 0.29) is 0 Å². The molecular weight excluding hydrogens is 675 g/mol. The molecule has 0 saturated heterocycles. The number of nitrogens with zero attached hydrogens (tertiary/aromatic N) is 3. The Kier molecular flexibility index (Phi) is 6.15. The zero-order chi connectivity index (χ0) is 36.2. The van der Waals surface area contributed by atoms with Crippen LogP contribution in [0.1, 0.15) is 41.6 Å². The molecule has 10 aromatic rings. The largest absolute Gasteiger partial charge is 0.456 e. The van der Waals surface area contributed by atoms with E-state index in [1.807, 2.05) is 42.5 Å². The maximum Gasteiger partial charge on any atom is 0.136 e. The zero-order valence-electron chi connectivity index (χ0n) is 29.6. The topological polar surface area (TPSA) is 59.9 Å². The quantitative estimate of drug-likeness (QED) is 0.172. The van der Waals surface area contributed by atoms with Crippen molar-refractivity contribution in [1.29, 1.82) is 5.26 Å². The van der Waals surface area contributed by atoms with E-state index in [1.165, 1.54) is 11.0 Å². The molecule has 0 N–H and O–H groups in total. The Morgan fingerprint density at radius 3 is 2.07 bits per heavy atom. The average Bonchev–Trinajstić information content (AvgIpc) is 3.90. The summed E-state index contributed by atoms with van der Waals surface area (Å²) in [6.45, 7) is 0. The van der Waals surface area contributed by atoms with Gasteiger partial charge in [-0.3, -0.25) is 0 Å². The molecule has 0 unspecified atom stereocenters. The Balaban J connectivity index is 1.11. The number of fused-ring (bicyclic) bond motifs is 12. The molecule has 4 heterocycles. The molecule has 4 aromatic heterocycles. The molecule has 0 saturated carbocycles. The molecule has 0 spiro atoms. The smallest absolute Gasteiger partial charge is 0.136 e. The molecule has 0 fully saturated rings. The lowest BCUT2D eigenvalue weighted by Crippen LogP contribution is -2.07. The Labute approximate surface area is 314 Å². The van der Waals surface area contributed by atoms with Crippen LogP contribution in [0.2, 0.25) is 0 Å². The lowest BCUT2D eigenvalue weighted by Gasteiger charge is -2.21. The van der Waals surface area contributed by atoms with Crippen LogP contribution >= 0.6 is 0 Å². The molecule has 0 amide bonds. The van der Waals surface area contributed by atoms with Gasteiger partial charge < -0.3 is 18.0 Å². The predicted molar refractivity (Wildman–Crippen MR) is 224 cm³/mol. The van der Waals surface area contributed by atoms with Gasteiger partial charge in [-0.25, -0.2) is 0 Å². The summed E-state index contributed by atoms with van der Waals surface area (Å²) in [4.78, 5) is 0. The number of aromatic nitrogens is 2. The van der Waals surface area contributed by atoms with Gasteiger partial charge in [0.25, 0.3) is 0 Å². The monoisotopic (exact) mass is 703 g/mol. The number of hydrogen-bond donors (Lipinski definition) is 0. The van der Waals surface area contributed by atoms with E-state index >= 15 is 0 Å². The number of allylic oxidation sites excluding steroid dienone is 5. The van der Waals surface area contributed by atoms with Gasteiger partial charge in [0.05, 0.1) is 27.8 Å². The van der Waals surface area contributed by atoms with E-state index in [1.54, 1.807) is 0 Å². The average molecular weight is 704 g/mol. The predicted octanol–water partition coefficient (Wildman–Crippen LogP) is 12.9. The van der Waals surface area contributed by atoms with Crippen molar-refractivity contribution in [2.75, 3.05) is 0 Å². The first-order chi connectivity index (χ1) is 27.2. The number of benzene rings is 6. The molecule has 5 nitrogen and oxygen atoms in total. The molecule has 2 aliphatic carbocycles. The van der Waals surface area contributed by atoms with Crippen molar-refractivity contribution in [2.24, 2.45) is 0 Å². The molecule has 0 radical (unpaired) electrons. The van der Waals surface area contributed by atoms with E-state index in [4.69, 9.17) is 8.83 Å². The van der Waals surface area contributed by atoms with Crippen LogP contribution < -0.4 is 0 Å². The van der Waals surface area contributed by atoms with Gasteiger partial charge in [-0.2, -0.15) is 5.26 Å². The van der Waals surface area contributed by atoms with Gasteiger partial charge in [0.1, 0.15) is 34.1 Å². The van der Waals surface area contributed by atoms with E-state index in [2.05, 4.69) is 124 Å². The molecule has 2 aliphatic rings. The van der Waals surface area contributed by atoms with E-state index < -0.39 is 0 Å². The molecule has 256 valence electrons. The number of furan rings is 2. The van der Waals surface area contributed by atoms with Gasteiger partial charge in [-0.1, -0.05) is 90.9 Å². The molecule has 6 aromatic carbocycles. The van der Waals surface area contributed by atoms with Gasteiger partial charge in [0.2, 0.25) is 0 Å². The minimum atomic E-state index is 0.604. The summed E-state index contributed by atoms with van der Waals surface area (Å²) in [5, 5.41) is 18.5. The summed E-state index contributed by atoms with van der Waals surface area (Å²) in [5.74, 6) is 6.87. The van der Waals surface area contributed by atoms with Crippen molar-refractivity contribution in [3.8, 4) is 23.6 Å². The first-order valence-corrected chi connectivity index (χ1v) is 18.7. The van der Waals surface area contributed by atoms with Gasteiger partial charge >= 0.3 is 0 Å². The number of para-hydroxylation sites is 4. The van der Waals surface area contributed by atoms with E-state index in [0.717, 1.165) is 112 Å². The molecule has 12 rings (SSSR count). The third-order valence-electron chi connectivity index (χ3n) is 11.5. The van der Waals surface area contributed by atoms with Crippen LogP contribution in [0.4, 0.5) is 0 Å². The van der Waals surface area contributed by atoms with Gasteiger partial charge in [0.15, 0.2) is 0 Å². The normalized spacial score (nSPS) is 14.1. The van der Waals surface area contributed by atoms with Crippen LogP contribution in [0.5, 0.6) is 0 Å². The van der Waals surface area contributed by atoms with Gasteiger partial charge in [0, 0.05) is 60.9 Å². The summed E-state index contributed by atoms with van der Waals surface area (Å²) in [6.07, 6.45) is 11.3. The summed E-state index contributed by atoms with van der Waals surface area (Å²) < 4.78 is 17.3. The Bertz CT molecular complexity index is 3540. The molecule has 0 atom stereocenters. The van der Waals surface area contributed by atoms with Crippen LogP contribution in [0, 0.1) is 23.2 Å². The van der Waals surface area contributed by atoms with Crippen LogP contribution in [0.15, 0.2) is 142 Å². The fraction of sp³-hybridized carbons (Fsp3) is 0.0600. The van der Waals surface area contributed by atoms with E-state index in [9.17, 15) is 5.26 Å². The van der Waals surface area contributed by atoms with E-state index in [0.29, 0.717) is 12.0 Å². The zero-order valence-corrected chi connectivity index (χ0v) is 29.6. The second-order valence-corrected chi connectivity index (χ2v) is 14.4. The molecular formula is C50H29N3O2. The highest BCUT2D eigenvalue weighted by atomic mass is 16.3. The van der Waals surface area contributed by atoms with Crippen LogP contribution in [0.25, 0.3) is 99.6 Å². The first kappa shape index (κ1) is 30.0. The molecule has 5 heteroatoms. The van der Waals surface area contributed by atoms with Crippen molar-refractivity contribution in [1.82, 2.24) is 9.13 Å². The third-order valence-corrected chi connectivity index (χ3v) is 11.5. The van der Waals surface area contributed by atoms with Crippen molar-refractivity contribution in [3.05, 3.63) is 156 Å². The number of nitriles is 1. The lowest BCUT2D eigenvalue weighted by molar-refractivity contribution is 0.669. The fourth-order valence-electron chi connectivity index (χ4n) is 9.08. The number of rotatable bonds is 3. The SMILES string of the molecule is N#Cc1cccc(C2=CC(n3c4ccccc4c4cc5oc6ccccc6c5cc43)=CCC2)c1-n1c2c(c3cc4oc5ccccc5c4cc31)C=CCC#C2. The summed E-state index contributed by atoms with van der Waals surface area (Å²) in [5.41, 5.74) is 13.5. The maximum absolute atomic E-state index is 10.8. The molecule has 0 aliphatic heterocycles. The second-order valence-electron chi connectivity index (χ2n) is 14.4. The highest BCUT2D eigenvalue weighted by Gasteiger charge is 2.25. The number of hydrogen-bond acceptors (Lipinski definition) is 3. The van der Waals surface area contributed by atoms with Gasteiger partial charge in [-0.15, -0.1) is 0 Å². The minimum Gasteiger partial charge on any atom is -0.456 e. The Morgan fingerprint density at radius 1 is 0.618 bits per heavy atom. The van der Waals surface area contributed by atoms with Gasteiger partial charge in [-0.05, 0) is 78.9 Å². The van der Waals surface area contributed by atoms with Crippen molar-refractivity contribution in [2.45, 2.75) is 19.3 Å². The standard InChI is InChI=1S/C50H29N3O2/c51-29-31-13-11-19-33(50(31)53-43-20-3-1-2-15-35(43)39-28-49-41(26-45(39)53)37-18-6-9-23-47(37)55-49)30-12-10-14-32(24-30)52-42-21-7-4-16-34(42)38-27-48-40(25-44(38)52)36-17-5-8-22-46(36)54-48/h2,4-9,11,13-19,21-28H,1,10,12H2. The lowest BCUT2D eigenvalue weighted by atomic mass is 9.92. The summed E-state index contributed by atoms with van der Waals surface area (Å²) in [7, 11) is 0. The minimum absolute atomic E-state index is 0.604. The second kappa shape index (κ2) is 11.3. The third kappa shape index (κ3) is 4.24. The van der Waals surface area contributed by atoms with Crippen molar-refractivity contribution in [3.63, 3.8) is 0 Å². The summed E-state index contributed by atoms with van der Waals surface area (Å²) >= 11 is 0. The fourth-order valence-corrected chi connectivity index (χ4v) is 9.08.